The molecule has 1 aromatic carbocycles. The van der Waals surface area contributed by atoms with Gasteiger partial charge in [0.1, 0.15) is 11.9 Å². The van der Waals surface area contributed by atoms with E-state index in [1.165, 1.54) is 0 Å². The number of likely N-dealkylation sites (N-methyl/N-ethyl adjacent to an activating group) is 1. The van der Waals surface area contributed by atoms with Crippen molar-refractivity contribution in [2.24, 2.45) is 0 Å². The molecule has 0 aromatic heterocycles. The molecule has 0 saturated heterocycles. The number of rotatable bonds is 5. The van der Waals surface area contributed by atoms with Gasteiger partial charge in [0.15, 0.2) is 0 Å². The zero-order valence-electron chi connectivity index (χ0n) is 11.0. The largest absolute Gasteiger partial charge is 0.308 e. The first kappa shape index (κ1) is 15.6. The molecule has 7 heteroatoms. The maximum atomic E-state index is 13.1. The van der Waals surface area contributed by atoms with E-state index in [2.05, 4.69) is 4.72 Å². The topological polar surface area (TPSA) is 73.2 Å². The van der Waals surface area contributed by atoms with E-state index in [0.29, 0.717) is 6.54 Å². The molecular formula is C12H16FN3O2S. The lowest BCUT2D eigenvalue weighted by atomic mass is 10.2. The van der Waals surface area contributed by atoms with Gasteiger partial charge in [-0.15, -0.1) is 0 Å². The van der Waals surface area contributed by atoms with Gasteiger partial charge in [0.25, 0.3) is 0 Å². The van der Waals surface area contributed by atoms with E-state index >= 15 is 0 Å². The summed E-state index contributed by atoms with van der Waals surface area (Å²) in [6.45, 7) is 2.26. The summed E-state index contributed by atoms with van der Waals surface area (Å²) in [7, 11) is -0.0893. The summed E-state index contributed by atoms with van der Waals surface area (Å²) in [5.74, 6) is -0.734. The molecule has 0 aliphatic carbocycles. The number of nitrogens with zero attached hydrogens (tertiary/aromatic N) is 2. The van der Waals surface area contributed by atoms with E-state index in [0.717, 1.165) is 18.2 Å². The van der Waals surface area contributed by atoms with Crippen molar-refractivity contribution in [3.05, 3.63) is 29.6 Å². The van der Waals surface area contributed by atoms with Gasteiger partial charge >= 0.3 is 0 Å². The van der Waals surface area contributed by atoms with Gasteiger partial charge in [-0.05, 0) is 39.2 Å². The van der Waals surface area contributed by atoms with E-state index in [9.17, 15) is 12.8 Å². The Morgan fingerprint density at radius 2 is 2.11 bits per heavy atom. The summed E-state index contributed by atoms with van der Waals surface area (Å²) in [5.41, 5.74) is -0.289. The summed E-state index contributed by atoms with van der Waals surface area (Å²) in [6, 6.07) is 4.47. The van der Waals surface area contributed by atoms with Gasteiger partial charge in [-0.1, -0.05) is 0 Å². The van der Waals surface area contributed by atoms with Crippen LogP contribution < -0.4 is 4.72 Å². The first-order valence-corrected chi connectivity index (χ1v) is 7.11. The van der Waals surface area contributed by atoms with E-state index < -0.39 is 15.8 Å². The van der Waals surface area contributed by atoms with Gasteiger partial charge in [0.05, 0.1) is 10.5 Å². The highest BCUT2D eigenvalue weighted by molar-refractivity contribution is 7.89. The average Bonchev–Trinajstić information content (AvgIpc) is 2.27. The molecule has 0 amide bonds. The van der Waals surface area contributed by atoms with Crippen molar-refractivity contribution in [2.75, 3.05) is 20.6 Å². The molecule has 1 atom stereocenters. The minimum Gasteiger partial charge on any atom is -0.308 e. The predicted molar refractivity (Wildman–Crippen MR) is 69.5 cm³/mol. The standard InChI is InChI=1S/C12H16FN3O2S/c1-9(8-16(2)3)15-19(17,18)11-4-5-12(13)10(6-11)7-14/h4-6,9,15H,8H2,1-3H3. The van der Waals surface area contributed by atoms with Crippen molar-refractivity contribution in [1.82, 2.24) is 9.62 Å². The number of benzene rings is 1. The third kappa shape index (κ3) is 4.28. The quantitative estimate of drug-likeness (QED) is 0.873. The minimum absolute atomic E-state index is 0.115. The monoisotopic (exact) mass is 285 g/mol. The lowest BCUT2D eigenvalue weighted by Gasteiger charge is -2.18. The normalized spacial score (nSPS) is 13.3. The lowest BCUT2D eigenvalue weighted by molar-refractivity contribution is 0.370. The molecule has 1 unspecified atom stereocenters. The molecule has 104 valence electrons. The van der Waals surface area contributed by atoms with Crippen LogP contribution in [0.1, 0.15) is 12.5 Å². The molecule has 19 heavy (non-hydrogen) atoms. The molecule has 5 nitrogen and oxygen atoms in total. The molecule has 1 rings (SSSR count). The third-order valence-electron chi connectivity index (χ3n) is 2.36. The van der Waals surface area contributed by atoms with Crippen LogP contribution in [-0.4, -0.2) is 40.0 Å². The zero-order chi connectivity index (χ0) is 14.6. The Morgan fingerprint density at radius 3 is 2.63 bits per heavy atom. The summed E-state index contributed by atoms with van der Waals surface area (Å²) < 4.78 is 39.7. The van der Waals surface area contributed by atoms with Crippen LogP contribution in [0.25, 0.3) is 0 Å². The van der Waals surface area contributed by atoms with Crippen molar-refractivity contribution in [2.45, 2.75) is 17.9 Å². The van der Waals surface area contributed by atoms with Crippen molar-refractivity contribution in [3.8, 4) is 6.07 Å². The second-order valence-corrected chi connectivity index (χ2v) is 6.25. The van der Waals surface area contributed by atoms with Crippen LogP contribution in [0, 0.1) is 17.1 Å². The molecule has 1 aromatic rings. The summed E-state index contributed by atoms with van der Waals surface area (Å²) >= 11 is 0. The Morgan fingerprint density at radius 1 is 1.47 bits per heavy atom. The van der Waals surface area contributed by atoms with Gasteiger partial charge in [-0.25, -0.2) is 17.5 Å². The predicted octanol–water partition coefficient (Wildman–Crippen LogP) is 0.926. The van der Waals surface area contributed by atoms with Gasteiger partial charge in [-0.3, -0.25) is 0 Å². The Balaban J connectivity index is 2.98. The van der Waals surface area contributed by atoms with E-state index in [1.807, 2.05) is 19.0 Å². The average molecular weight is 285 g/mol. The molecule has 0 bridgehead atoms. The van der Waals surface area contributed by atoms with Gasteiger partial charge in [0.2, 0.25) is 10.0 Å². The van der Waals surface area contributed by atoms with Crippen molar-refractivity contribution in [3.63, 3.8) is 0 Å². The molecule has 0 aliphatic rings. The van der Waals surface area contributed by atoms with E-state index in [4.69, 9.17) is 5.26 Å². The fraction of sp³-hybridized carbons (Fsp3) is 0.417. The van der Waals surface area contributed by atoms with Crippen LogP contribution in [0.3, 0.4) is 0 Å². The number of hydrogen-bond acceptors (Lipinski definition) is 4. The van der Waals surface area contributed by atoms with Crippen LogP contribution in [0.2, 0.25) is 0 Å². The van der Waals surface area contributed by atoms with E-state index in [1.54, 1.807) is 13.0 Å². The SMILES string of the molecule is CC(CN(C)C)NS(=O)(=O)c1ccc(F)c(C#N)c1. The molecule has 0 fully saturated rings. The molecule has 0 saturated carbocycles. The summed E-state index contributed by atoms with van der Waals surface area (Å²) in [6.07, 6.45) is 0. The molecule has 0 heterocycles. The summed E-state index contributed by atoms with van der Waals surface area (Å²) in [4.78, 5) is 1.73. The van der Waals surface area contributed by atoms with Crippen LogP contribution in [0.15, 0.2) is 23.1 Å². The molecule has 1 N–H and O–H groups in total. The van der Waals surface area contributed by atoms with Crippen LogP contribution >= 0.6 is 0 Å². The van der Waals surface area contributed by atoms with Crippen molar-refractivity contribution in [1.29, 1.82) is 5.26 Å². The van der Waals surface area contributed by atoms with Gasteiger partial charge in [0, 0.05) is 12.6 Å². The number of sulfonamides is 1. The second-order valence-electron chi connectivity index (χ2n) is 4.54. The Kier molecular flexibility index (Phi) is 5.00. The first-order valence-electron chi connectivity index (χ1n) is 5.63. The summed E-state index contributed by atoms with van der Waals surface area (Å²) in [5, 5.41) is 8.70. The fourth-order valence-electron chi connectivity index (χ4n) is 1.68. The van der Waals surface area contributed by atoms with Crippen molar-refractivity contribution < 1.29 is 12.8 Å². The maximum absolute atomic E-state index is 13.1. The van der Waals surface area contributed by atoms with Gasteiger partial charge < -0.3 is 4.90 Å². The van der Waals surface area contributed by atoms with Gasteiger partial charge in [-0.2, -0.15) is 5.26 Å². The van der Waals surface area contributed by atoms with Crippen LogP contribution in [-0.2, 0) is 10.0 Å². The van der Waals surface area contributed by atoms with Crippen LogP contribution in [0.5, 0.6) is 0 Å². The van der Waals surface area contributed by atoms with E-state index in [-0.39, 0.29) is 16.5 Å². The number of halogens is 1. The fourth-order valence-corrected chi connectivity index (χ4v) is 2.94. The lowest BCUT2D eigenvalue weighted by Crippen LogP contribution is -2.39. The molecule has 0 radical (unpaired) electrons. The number of nitriles is 1. The Bertz CT molecular complexity index is 593. The molecule has 0 aliphatic heterocycles. The smallest absolute Gasteiger partial charge is 0.240 e. The Hall–Kier alpha value is -1.49. The zero-order valence-corrected chi connectivity index (χ0v) is 11.8. The first-order chi connectivity index (χ1) is 8.76. The second kappa shape index (κ2) is 6.10. The highest BCUT2D eigenvalue weighted by Crippen LogP contribution is 2.14. The Labute approximate surface area is 112 Å². The van der Waals surface area contributed by atoms with Crippen LogP contribution in [0.4, 0.5) is 4.39 Å². The molecular weight excluding hydrogens is 269 g/mol. The highest BCUT2D eigenvalue weighted by atomic mass is 32.2. The van der Waals surface area contributed by atoms with Crippen molar-refractivity contribution >= 4 is 10.0 Å². The third-order valence-corrected chi connectivity index (χ3v) is 3.95. The number of nitrogens with one attached hydrogen (secondary N) is 1. The minimum atomic E-state index is -3.75. The molecule has 0 spiro atoms. The highest BCUT2D eigenvalue weighted by Gasteiger charge is 2.19. The maximum Gasteiger partial charge on any atom is 0.240 e. The number of hydrogen-bond donors (Lipinski definition) is 1.